The van der Waals surface area contributed by atoms with Gasteiger partial charge in [-0.1, -0.05) is 23.8 Å². The number of β-amino-alcohol motifs (C(OH)–C–C–N with tert-alkyl or cyclic N) is 1. The number of nitrogens with zero attached hydrogens (tertiary/aromatic N) is 3. The van der Waals surface area contributed by atoms with Gasteiger partial charge in [0.1, 0.15) is 17.1 Å². The summed E-state index contributed by atoms with van der Waals surface area (Å²) in [5, 5.41) is 23.1. The standard InChI is InChI=1S/C29H35ClN6O4/c1-40-19-4-5-20(21(11-19)15-6-8-36(9-7-15)13-18(38)14-37)28-34-26-25(22(30)12-32-29(26)35-28)33-24-17-3-2-16(10-17)23(24)27(31)39/h2-5,11-12,15-18,23-24,37-38H,6-10,13-14H2,1H3,(H2,31,39)(H2,32,33,34,35)/t16?,17-,18-,23?,24+/m0/s1. The molecule has 2 unspecified atom stereocenters. The molecule has 1 aliphatic heterocycles. The van der Waals surface area contributed by atoms with Crippen LogP contribution in [0.5, 0.6) is 5.75 Å². The number of hydrogen-bond donors (Lipinski definition) is 5. The number of amides is 1. The average Bonchev–Trinajstić information content (AvgIpc) is 3.69. The van der Waals surface area contributed by atoms with Crippen molar-refractivity contribution in [3.05, 3.63) is 47.1 Å². The highest BCUT2D eigenvalue weighted by Gasteiger charge is 2.47. The van der Waals surface area contributed by atoms with Crippen LogP contribution in [0.3, 0.4) is 0 Å². The number of pyridine rings is 1. The minimum Gasteiger partial charge on any atom is -0.497 e. The summed E-state index contributed by atoms with van der Waals surface area (Å²) < 4.78 is 5.56. The number of carbonyl (C=O) groups excluding carboxylic acids is 1. The van der Waals surface area contributed by atoms with Crippen molar-refractivity contribution in [1.29, 1.82) is 0 Å². The number of allylic oxidation sites excluding steroid dienone is 1. The van der Waals surface area contributed by atoms with Crippen molar-refractivity contribution in [1.82, 2.24) is 19.9 Å². The molecule has 2 bridgehead atoms. The zero-order valence-electron chi connectivity index (χ0n) is 22.4. The maximum absolute atomic E-state index is 12.3. The number of aromatic nitrogens is 3. The molecule has 2 fully saturated rings. The number of methoxy groups -OCH3 is 1. The van der Waals surface area contributed by atoms with Gasteiger partial charge in [-0.3, -0.25) is 4.79 Å². The monoisotopic (exact) mass is 566 g/mol. The molecule has 6 rings (SSSR count). The van der Waals surface area contributed by atoms with Gasteiger partial charge in [0.05, 0.1) is 42.6 Å². The van der Waals surface area contributed by atoms with Crippen LogP contribution in [0.2, 0.25) is 5.02 Å². The highest BCUT2D eigenvalue weighted by molar-refractivity contribution is 6.34. The highest BCUT2D eigenvalue weighted by Crippen LogP contribution is 2.46. The smallest absolute Gasteiger partial charge is 0.223 e. The number of hydrogen-bond acceptors (Lipinski definition) is 8. The lowest BCUT2D eigenvalue weighted by Gasteiger charge is -2.33. The van der Waals surface area contributed by atoms with Crippen molar-refractivity contribution in [3.8, 4) is 17.1 Å². The first-order valence-corrected chi connectivity index (χ1v) is 14.2. The van der Waals surface area contributed by atoms with E-state index in [4.69, 9.17) is 27.1 Å². The maximum atomic E-state index is 12.3. The van der Waals surface area contributed by atoms with E-state index in [2.05, 4.69) is 38.4 Å². The summed E-state index contributed by atoms with van der Waals surface area (Å²) in [6, 6.07) is 5.88. The highest BCUT2D eigenvalue weighted by atomic mass is 35.5. The molecule has 40 heavy (non-hydrogen) atoms. The fourth-order valence-electron chi connectivity index (χ4n) is 6.78. The number of anilines is 1. The number of ether oxygens (including phenoxy) is 1. The maximum Gasteiger partial charge on any atom is 0.223 e. The van der Waals surface area contributed by atoms with Gasteiger partial charge in [0.15, 0.2) is 5.65 Å². The summed E-state index contributed by atoms with van der Waals surface area (Å²) in [5.74, 6) is 1.48. The number of imidazole rings is 1. The lowest BCUT2D eigenvalue weighted by atomic mass is 9.86. The van der Waals surface area contributed by atoms with Crippen LogP contribution in [0, 0.1) is 17.8 Å². The Hall–Kier alpha value is -3.18. The second-order valence-corrected chi connectivity index (χ2v) is 11.6. The SMILES string of the molecule is COc1ccc(-c2nc3ncc(Cl)c(N[C@H]4C(C(N)=O)C5C=C[C@H]4C5)c3[nH]2)c(C2CCN(C[C@H](O)CO)CC2)c1. The molecule has 0 radical (unpaired) electrons. The fraction of sp³-hybridized carbons (Fsp3) is 0.483. The average molecular weight is 567 g/mol. The largest absolute Gasteiger partial charge is 0.497 e. The third kappa shape index (κ3) is 4.94. The van der Waals surface area contributed by atoms with Crippen LogP contribution in [0.1, 0.15) is 30.7 Å². The minimum atomic E-state index is -0.727. The number of aliphatic hydroxyl groups excluding tert-OH is 2. The van der Waals surface area contributed by atoms with E-state index in [1.165, 1.54) is 0 Å². The predicted molar refractivity (Wildman–Crippen MR) is 153 cm³/mol. The third-order valence-corrected chi connectivity index (χ3v) is 9.08. The van der Waals surface area contributed by atoms with E-state index in [0.29, 0.717) is 34.2 Å². The molecule has 2 aromatic heterocycles. The van der Waals surface area contributed by atoms with Gasteiger partial charge in [0.2, 0.25) is 5.91 Å². The number of primary amides is 1. The van der Waals surface area contributed by atoms with Gasteiger partial charge >= 0.3 is 0 Å². The molecule has 1 aromatic carbocycles. The number of likely N-dealkylation sites (tertiary alicyclic amines) is 1. The summed E-state index contributed by atoms with van der Waals surface area (Å²) in [5.41, 5.74) is 9.79. The lowest BCUT2D eigenvalue weighted by molar-refractivity contribution is -0.122. The fourth-order valence-corrected chi connectivity index (χ4v) is 6.98. The molecule has 1 saturated carbocycles. The van der Waals surface area contributed by atoms with E-state index in [1.54, 1.807) is 13.3 Å². The quantitative estimate of drug-likeness (QED) is 0.248. The molecule has 3 aromatic rings. The second kappa shape index (κ2) is 11.0. The molecule has 6 N–H and O–H groups in total. The van der Waals surface area contributed by atoms with E-state index in [1.807, 2.05) is 12.1 Å². The van der Waals surface area contributed by atoms with Crippen molar-refractivity contribution in [2.45, 2.75) is 37.3 Å². The van der Waals surface area contributed by atoms with E-state index >= 15 is 0 Å². The Labute approximate surface area is 237 Å². The number of fused-ring (bicyclic) bond motifs is 3. The van der Waals surface area contributed by atoms with Crippen molar-refractivity contribution in [2.75, 3.05) is 38.7 Å². The van der Waals surface area contributed by atoms with Crippen LogP contribution in [-0.4, -0.2) is 81.5 Å². The Balaban J connectivity index is 1.32. The van der Waals surface area contributed by atoms with E-state index in [-0.39, 0.29) is 42.2 Å². The Bertz CT molecular complexity index is 1440. The third-order valence-electron chi connectivity index (χ3n) is 8.79. The van der Waals surface area contributed by atoms with Crippen LogP contribution in [0.15, 0.2) is 36.5 Å². The molecule has 10 nitrogen and oxygen atoms in total. The zero-order chi connectivity index (χ0) is 28.0. The molecular weight excluding hydrogens is 532 g/mol. The summed E-state index contributed by atoms with van der Waals surface area (Å²) in [6.07, 6.45) is 7.83. The minimum absolute atomic E-state index is 0.145. The first-order chi connectivity index (χ1) is 19.4. The van der Waals surface area contributed by atoms with Crippen LogP contribution >= 0.6 is 11.6 Å². The zero-order valence-corrected chi connectivity index (χ0v) is 23.1. The molecule has 3 aliphatic rings. The summed E-state index contributed by atoms with van der Waals surface area (Å²) in [4.78, 5) is 27.3. The van der Waals surface area contributed by atoms with Crippen LogP contribution in [0.4, 0.5) is 5.69 Å². The Morgan fingerprint density at radius 2 is 2.08 bits per heavy atom. The number of benzene rings is 1. The molecule has 1 saturated heterocycles. The van der Waals surface area contributed by atoms with E-state index in [0.717, 1.165) is 49.2 Å². The molecule has 212 valence electrons. The molecule has 3 heterocycles. The van der Waals surface area contributed by atoms with Crippen molar-refractivity contribution in [2.24, 2.45) is 23.5 Å². The van der Waals surface area contributed by atoms with Crippen LogP contribution in [0.25, 0.3) is 22.6 Å². The number of aromatic amines is 1. The van der Waals surface area contributed by atoms with Crippen molar-refractivity contribution >= 4 is 34.4 Å². The van der Waals surface area contributed by atoms with Gasteiger partial charge < -0.3 is 35.9 Å². The number of rotatable bonds is 9. The van der Waals surface area contributed by atoms with Gasteiger partial charge in [0.25, 0.3) is 0 Å². The van der Waals surface area contributed by atoms with E-state index < -0.39 is 6.10 Å². The normalized spacial score (nSPS) is 25.5. The van der Waals surface area contributed by atoms with Gasteiger partial charge in [-0.25, -0.2) is 9.97 Å². The Morgan fingerprint density at radius 1 is 1.30 bits per heavy atom. The van der Waals surface area contributed by atoms with Crippen molar-refractivity contribution in [3.63, 3.8) is 0 Å². The van der Waals surface area contributed by atoms with Crippen LogP contribution in [-0.2, 0) is 4.79 Å². The summed E-state index contributed by atoms with van der Waals surface area (Å²) in [7, 11) is 1.66. The summed E-state index contributed by atoms with van der Waals surface area (Å²) in [6.45, 7) is 1.88. The topological polar surface area (TPSA) is 150 Å². The number of aliphatic hydroxyl groups is 2. The first kappa shape index (κ1) is 27.0. The molecule has 2 aliphatic carbocycles. The van der Waals surface area contributed by atoms with Crippen LogP contribution < -0.4 is 15.8 Å². The van der Waals surface area contributed by atoms with Crippen molar-refractivity contribution < 1.29 is 19.7 Å². The number of nitrogens with one attached hydrogen (secondary N) is 2. The Morgan fingerprint density at radius 3 is 2.80 bits per heavy atom. The number of piperidine rings is 1. The molecule has 1 amide bonds. The molecule has 5 atom stereocenters. The van der Waals surface area contributed by atoms with Gasteiger partial charge in [0, 0.05) is 18.2 Å². The van der Waals surface area contributed by atoms with E-state index in [9.17, 15) is 15.0 Å². The number of carbonyl (C=O) groups is 1. The van der Waals surface area contributed by atoms with Gasteiger partial charge in [-0.15, -0.1) is 0 Å². The van der Waals surface area contributed by atoms with Gasteiger partial charge in [-0.2, -0.15) is 0 Å². The summed E-state index contributed by atoms with van der Waals surface area (Å²) >= 11 is 6.66. The molecule has 11 heteroatoms. The number of halogens is 1. The molecular formula is C29H35ClN6O4. The number of H-pyrrole nitrogens is 1. The molecule has 0 spiro atoms. The first-order valence-electron chi connectivity index (χ1n) is 13.8. The Kier molecular flexibility index (Phi) is 7.43. The second-order valence-electron chi connectivity index (χ2n) is 11.2. The predicted octanol–water partition coefficient (Wildman–Crippen LogP) is 2.91. The number of nitrogens with two attached hydrogens (primary N) is 1. The van der Waals surface area contributed by atoms with Gasteiger partial charge in [-0.05, 0) is 73.9 Å². The lowest BCUT2D eigenvalue weighted by Crippen LogP contribution is -2.41.